The van der Waals surface area contributed by atoms with Gasteiger partial charge in [0, 0.05) is 18.7 Å². The maximum atomic E-state index is 11.7. The molecule has 0 aliphatic carbocycles. The number of halogens is 1. The lowest BCUT2D eigenvalue weighted by Gasteiger charge is -2.30. The third-order valence-corrected chi connectivity index (χ3v) is 6.79. The lowest BCUT2D eigenvalue weighted by molar-refractivity contribution is 0.0691. The van der Waals surface area contributed by atoms with Gasteiger partial charge >= 0.3 is 5.97 Å². The molecule has 2 N–H and O–H groups in total. The van der Waals surface area contributed by atoms with Crippen LogP contribution >= 0.6 is 11.6 Å². The van der Waals surface area contributed by atoms with Crippen molar-refractivity contribution in [2.75, 3.05) is 16.8 Å². The van der Waals surface area contributed by atoms with Gasteiger partial charge < -0.3 is 15.3 Å². The maximum absolute atomic E-state index is 11.7. The van der Waals surface area contributed by atoms with Crippen LogP contribution in [0, 0.1) is 29.6 Å². The van der Waals surface area contributed by atoms with Crippen LogP contribution in [0.15, 0.2) is 42.5 Å². The number of aryl methyl sites for hydroxylation is 1. The number of carbonyl (C=O) groups is 1. The molecule has 0 amide bonds. The van der Waals surface area contributed by atoms with Gasteiger partial charge in [-0.25, -0.2) is 19.7 Å². The second-order valence-electron chi connectivity index (χ2n) is 9.20. The van der Waals surface area contributed by atoms with E-state index in [0.717, 1.165) is 23.1 Å². The predicted octanol–water partition coefficient (Wildman–Crippen LogP) is 5.16. The zero-order chi connectivity index (χ0) is 27.0. The fourth-order valence-electron chi connectivity index (χ4n) is 4.78. The van der Waals surface area contributed by atoms with E-state index in [4.69, 9.17) is 16.6 Å². The van der Waals surface area contributed by atoms with Crippen molar-refractivity contribution in [1.29, 1.82) is 10.5 Å². The van der Waals surface area contributed by atoms with Crippen molar-refractivity contribution in [3.05, 3.63) is 86.8 Å². The van der Waals surface area contributed by atoms with E-state index in [1.165, 1.54) is 11.6 Å². The predicted molar refractivity (Wildman–Crippen MR) is 143 cm³/mol. The summed E-state index contributed by atoms with van der Waals surface area (Å²) in [4.78, 5) is 27.3. The number of anilines is 2. The van der Waals surface area contributed by atoms with E-state index in [-0.39, 0.29) is 22.6 Å². The Bertz CT molecular complexity index is 1690. The SMILES string of the molecule is Cc1cc([C@@H](C)Nc2ccc(Cl)nc2C(=O)O)c2nc(N3CCc4ccc(C#N)cc4C3)c(C#N)nc2c1. The largest absolute Gasteiger partial charge is 0.476 e. The highest BCUT2D eigenvalue weighted by Crippen LogP contribution is 2.32. The first-order valence-corrected chi connectivity index (χ1v) is 12.3. The Kier molecular flexibility index (Phi) is 6.54. The average Bonchev–Trinajstić information content (AvgIpc) is 2.91. The number of benzene rings is 2. The number of fused-ring (bicyclic) bond motifs is 2. The van der Waals surface area contributed by atoms with Crippen LogP contribution in [0.1, 0.15) is 57.0 Å². The lowest BCUT2D eigenvalue weighted by Crippen LogP contribution is -2.32. The number of hydrogen-bond acceptors (Lipinski definition) is 8. The summed E-state index contributed by atoms with van der Waals surface area (Å²) in [6.07, 6.45) is 0.756. The summed E-state index contributed by atoms with van der Waals surface area (Å²) in [5.74, 6) is -0.716. The molecule has 1 aliphatic rings. The number of pyridine rings is 1. The summed E-state index contributed by atoms with van der Waals surface area (Å²) in [5.41, 5.74) is 6.07. The second kappa shape index (κ2) is 9.97. The van der Waals surface area contributed by atoms with Crippen LogP contribution in [-0.2, 0) is 13.0 Å². The minimum atomic E-state index is -1.19. The van der Waals surface area contributed by atoms with Gasteiger partial charge in [0.05, 0.1) is 34.4 Å². The quantitative estimate of drug-likeness (QED) is 0.339. The number of rotatable bonds is 5. The van der Waals surface area contributed by atoms with Crippen LogP contribution in [0.5, 0.6) is 0 Å². The molecule has 2 aromatic carbocycles. The van der Waals surface area contributed by atoms with Gasteiger partial charge in [-0.1, -0.05) is 23.7 Å². The molecule has 38 heavy (non-hydrogen) atoms. The number of carboxylic acid groups (broad SMARTS) is 1. The first-order chi connectivity index (χ1) is 18.3. The van der Waals surface area contributed by atoms with Crippen molar-refractivity contribution in [3.63, 3.8) is 0 Å². The highest BCUT2D eigenvalue weighted by molar-refractivity contribution is 6.29. The van der Waals surface area contributed by atoms with Gasteiger partial charge in [-0.05, 0) is 67.3 Å². The summed E-state index contributed by atoms with van der Waals surface area (Å²) < 4.78 is 0. The van der Waals surface area contributed by atoms with Crippen molar-refractivity contribution in [2.45, 2.75) is 32.9 Å². The van der Waals surface area contributed by atoms with Crippen molar-refractivity contribution >= 4 is 40.1 Å². The van der Waals surface area contributed by atoms with Crippen LogP contribution in [0.3, 0.4) is 0 Å². The Morgan fingerprint density at radius 2 is 1.92 bits per heavy atom. The van der Waals surface area contributed by atoms with Gasteiger partial charge in [0.2, 0.25) is 0 Å². The van der Waals surface area contributed by atoms with Crippen LogP contribution in [-0.4, -0.2) is 32.6 Å². The molecule has 0 saturated carbocycles. The van der Waals surface area contributed by atoms with E-state index in [1.807, 2.05) is 49.1 Å². The maximum Gasteiger partial charge on any atom is 0.356 e. The fraction of sp³-hybridized carbons (Fsp3) is 0.214. The number of carboxylic acids is 1. The van der Waals surface area contributed by atoms with E-state index in [9.17, 15) is 20.4 Å². The molecule has 1 atom stereocenters. The third-order valence-electron chi connectivity index (χ3n) is 6.58. The Morgan fingerprint density at radius 1 is 1.11 bits per heavy atom. The first-order valence-electron chi connectivity index (χ1n) is 11.9. The smallest absolute Gasteiger partial charge is 0.356 e. The van der Waals surface area contributed by atoms with Gasteiger partial charge in [0.25, 0.3) is 0 Å². The molecule has 0 unspecified atom stereocenters. The zero-order valence-electron chi connectivity index (χ0n) is 20.7. The van der Waals surface area contributed by atoms with E-state index in [2.05, 4.69) is 27.4 Å². The van der Waals surface area contributed by atoms with Crippen molar-refractivity contribution in [3.8, 4) is 12.1 Å². The molecular formula is C28H22ClN7O2. The van der Waals surface area contributed by atoms with E-state index < -0.39 is 5.97 Å². The molecule has 0 spiro atoms. The molecule has 1 aliphatic heterocycles. The number of hydrogen-bond donors (Lipinski definition) is 2. The molecule has 0 saturated heterocycles. The minimum absolute atomic E-state index is 0.0890. The second-order valence-corrected chi connectivity index (χ2v) is 9.58. The summed E-state index contributed by atoms with van der Waals surface area (Å²) in [7, 11) is 0. The topological polar surface area (TPSA) is 139 Å². The fourth-order valence-corrected chi connectivity index (χ4v) is 4.93. The van der Waals surface area contributed by atoms with Crippen LogP contribution in [0.2, 0.25) is 5.15 Å². The molecule has 4 aromatic rings. The molecule has 3 heterocycles. The summed E-state index contributed by atoms with van der Waals surface area (Å²) in [5, 5.41) is 32.2. The van der Waals surface area contributed by atoms with E-state index >= 15 is 0 Å². The zero-order valence-corrected chi connectivity index (χ0v) is 21.4. The normalized spacial score (nSPS) is 13.3. The standard InChI is InChI=1S/C28H22ClN7O2/c1-15-9-20(16(2)32-21-5-6-24(29)34-26(21)28(37)38)25-22(10-15)33-23(13-31)27(35-25)36-8-7-18-4-3-17(12-30)11-19(18)14-36/h3-6,9-11,16,32H,7-8,14H2,1-2H3,(H,37,38)/t16-/m1/s1. The average molecular weight is 524 g/mol. The summed E-state index contributed by atoms with van der Waals surface area (Å²) in [6, 6.07) is 16.6. The number of aromatic nitrogens is 3. The third kappa shape index (κ3) is 4.68. The Hall–Kier alpha value is -4.73. The van der Waals surface area contributed by atoms with Crippen LogP contribution < -0.4 is 10.2 Å². The van der Waals surface area contributed by atoms with Crippen LogP contribution in [0.25, 0.3) is 11.0 Å². The molecule has 2 aromatic heterocycles. The van der Waals surface area contributed by atoms with Gasteiger partial charge in [-0.2, -0.15) is 10.5 Å². The molecule has 0 fully saturated rings. The van der Waals surface area contributed by atoms with E-state index in [0.29, 0.717) is 41.2 Å². The molecule has 9 nitrogen and oxygen atoms in total. The first kappa shape index (κ1) is 24.9. The van der Waals surface area contributed by atoms with Crippen molar-refractivity contribution in [2.24, 2.45) is 0 Å². The van der Waals surface area contributed by atoms with E-state index in [1.54, 1.807) is 6.07 Å². The number of nitrogens with one attached hydrogen (secondary N) is 1. The molecule has 5 rings (SSSR count). The number of nitrogens with zero attached hydrogens (tertiary/aromatic N) is 6. The van der Waals surface area contributed by atoms with Gasteiger partial charge in [0.1, 0.15) is 11.2 Å². The Balaban J connectivity index is 1.57. The van der Waals surface area contributed by atoms with Gasteiger partial charge in [-0.15, -0.1) is 0 Å². The molecule has 0 bridgehead atoms. The number of aromatic carboxylic acids is 1. The Morgan fingerprint density at radius 3 is 2.66 bits per heavy atom. The molecule has 0 radical (unpaired) electrons. The lowest BCUT2D eigenvalue weighted by atomic mass is 9.97. The molecule has 188 valence electrons. The van der Waals surface area contributed by atoms with Gasteiger partial charge in [-0.3, -0.25) is 0 Å². The number of nitriles is 2. The highest BCUT2D eigenvalue weighted by Gasteiger charge is 2.24. The Labute approximate surface area is 224 Å². The highest BCUT2D eigenvalue weighted by atomic mass is 35.5. The molecular weight excluding hydrogens is 502 g/mol. The van der Waals surface area contributed by atoms with Crippen molar-refractivity contribution < 1.29 is 9.90 Å². The minimum Gasteiger partial charge on any atom is -0.476 e. The monoisotopic (exact) mass is 523 g/mol. The summed E-state index contributed by atoms with van der Waals surface area (Å²) in [6.45, 7) is 4.99. The van der Waals surface area contributed by atoms with Crippen LogP contribution in [0.4, 0.5) is 11.5 Å². The summed E-state index contributed by atoms with van der Waals surface area (Å²) >= 11 is 5.91. The van der Waals surface area contributed by atoms with Gasteiger partial charge in [0.15, 0.2) is 17.2 Å². The molecule has 10 heteroatoms. The van der Waals surface area contributed by atoms with Crippen molar-refractivity contribution in [1.82, 2.24) is 15.0 Å².